The molecular formula is C22H30N2O4. The van der Waals surface area contributed by atoms with Gasteiger partial charge in [-0.3, -0.25) is 14.4 Å². The van der Waals surface area contributed by atoms with E-state index in [9.17, 15) is 19.5 Å². The first kappa shape index (κ1) is 20.4. The molecule has 0 bridgehead atoms. The molecule has 1 N–H and O–H groups in total. The highest BCUT2D eigenvalue weighted by atomic mass is 16.4. The monoisotopic (exact) mass is 386 g/mol. The summed E-state index contributed by atoms with van der Waals surface area (Å²) in [5, 5.41) is 9.54. The molecule has 6 heteroatoms. The van der Waals surface area contributed by atoms with E-state index >= 15 is 0 Å². The number of piperidine rings is 1. The molecule has 1 saturated heterocycles. The molecule has 28 heavy (non-hydrogen) atoms. The van der Waals surface area contributed by atoms with E-state index in [-0.39, 0.29) is 24.3 Å². The molecule has 152 valence electrons. The molecule has 0 aromatic heterocycles. The van der Waals surface area contributed by atoms with Crippen LogP contribution in [0.1, 0.15) is 62.2 Å². The van der Waals surface area contributed by atoms with Gasteiger partial charge in [0.25, 0.3) is 5.91 Å². The minimum Gasteiger partial charge on any atom is -0.481 e. The van der Waals surface area contributed by atoms with Crippen molar-refractivity contribution in [3.8, 4) is 0 Å². The third kappa shape index (κ3) is 4.21. The number of carboxylic acids is 1. The highest BCUT2D eigenvalue weighted by Crippen LogP contribution is 2.44. The number of carbonyl (C=O) groups excluding carboxylic acids is 2. The van der Waals surface area contributed by atoms with E-state index in [0.29, 0.717) is 38.0 Å². The van der Waals surface area contributed by atoms with Crippen LogP contribution in [0.4, 0.5) is 0 Å². The first-order valence-corrected chi connectivity index (χ1v) is 10.3. The van der Waals surface area contributed by atoms with Gasteiger partial charge in [0, 0.05) is 37.7 Å². The van der Waals surface area contributed by atoms with Gasteiger partial charge in [0.2, 0.25) is 5.91 Å². The third-order valence-electron chi connectivity index (χ3n) is 6.25. The summed E-state index contributed by atoms with van der Waals surface area (Å²) in [5.41, 5.74) is -0.164. The molecule has 3 rings (SSSR count). The Morgan fingerprint density at radius 1 is 1.14 bits per heavy atom. The third-order valence-corrected chi connectivity index (χ3v) is 6.25. The number of nitrogens with zero attached hydrogens (tertiary/aromatic N) is 2. The molecular weight excluding hydrogens is 356 g/mol. The zero-order chi connectivity index (χ0) is 20.1. The number of amides is 2. The van der Waals surface area contributed by atoms with Crippen molar-refractivity contribution in [3.05, 3.63) is 35.9 Å². The predicted molar refractivity (Wildman–Crippen MR) is 106 cm³/mol. The van der Waals surface area contributed by atoms with E-state index in [1.54, 1.807) is 0 Å². The molecule has 1 aromatic rings. The van der Waals surface area contributed by atoms with Gasteiger partial charge >= 0.3 is 5.97 Å². The van der Waals surface area contributed by atoms with E-state index in [1.165, 1.54) is 0 Å². The van der Waals surface area contributed by atoms with Crippen LogP contribution in [0.3, 0.4) is 0 Å². The maximum atomic E-state index is 13.0. The molecule has 1 aromatic carbocycles. The summed E-state index contributed by atoms with van der Waals surface area (Å²) in [5.74, 6) is -0.852. The number of carbonyl (C=O) groups is 3. The molecule has 2 amide bonds. The van der Waals surface area contributed by atoms with Gasteiger partial charge in [-0.05, 0) is 44.2 Å². The summed E-state index contributed by atoms with van der Waals surface area (Å²) in [4.78, 5) is 41.0. The quantitative estimate of drug-likeness (QED) is 0.781. The van der Waals surface area contributed by atoms with Crippen LogP contribution in [-0.2, 0) is 9.59 Å². The van der Waals surface area contributed by atoms with E-state index in [0.717, 1.165) is 25.7 Å². The fourth-order valence-corrected chi connectivity index (χ4v) is 4.36. The van der Waals surface area contributed by atoms with Crippen molar-refractivity contribution in [3.63, 3.8) is 0 Å². The minimum absolute atomic E-state index is 0.0340. The van der Waals surface area contributed by atoms with Crippen LogP contribution in [0, 0.1) is 5.41 Å². The van der Waals surface area contributed by atoms with Crippen LogP contribution in [0.2, 0.25) is 0 Å². The van der Waals surface area contributed by atoms with Gasteiger partial charge in [-0.15, -0.1) is 0 Å². The highest BCUT2D eigenvalue weighted by Gasteiger charge is 2.47. The molecule has 2 aliphatic rings. The highest BCUT2D eigenvalue weighted by molar-refractivity contribution is 5.94. The molecule has 1 aliphatic carbocycles. The van der Waals surface area contributed by atoms with Crippen LogP contribution in [0.25, 0.3) is 0 Å². The molecule has 2 fully saturated rings. The van der Waals surface area contributed by atoms with Gasteiger partial charge in [-0.25, -0.2) is 0 Å². The van der Waals surface area contributed by atoms with E-state index < -0.39 is 11.4 Å². The zero-order valence-electron chi connectivity index (χ0n) is 16.6. The first-order chi connectivity index (χ1) is 13.5. The molecule has 0 spiro atoms. The Kier molecular flexibility index (Phi) is 6.37. The average molecular weight is 386 g/mol. The Morgan fingerprint density at radius 3 is 2.29 bits per heavy atom. The van der Waals surface area contributed by atoms with Crippen molar-refractivity contribution < 1.29 is 19.5 Å². The minimum atomic E-state index is -0.854. The maximum Gasteiger partial charge on any atom is 0.310 e. The van der Waals surface area contributed by atoms with Crippen molar-refractivity contribution in [2.75, 3.05) is 19.6 Å². The molecule has 0 atom stereocenters. The van der Waals surface area contributed by atoms with Crippen molar-refractivity contribution in [2.45, 2.75) is 57.9 Å². The second kappa shape index (κ2) is 8.76. The number of hydrogen-bond acceptors (Lipinski definition) is 3. The molecule has 1 aliphatic heterocycles. The summed E-state index contributed by atoms with van der Waals surface area (Å²) in [6, 6.07) is 9.35. The number of aliphatic carboxylic acids is 1. The Bertz CT molecular complexity index is 707. The predicted octanol–water partition coefficient (Wildman–Crippen LogP) is 3.17. The summed E-state index contributed by atoms with van der Waals surface area (Å²) in [6.07, 6.45) is 4.50. The molecule has 0 radical (unpaired) electrons. The van der Waals surface area contributed by atoms with Gasteiger partial charge < -0.3 is 14.9 Å². The normalized spacial score (nSPS) is 19.0. The largest absolute Gasteiger partial charge is 0.481 e. The van der Waals surface area contributed by atoms with Gasteiger partial charge in [0.15, 0.2) is 0 Å². The van der Waals surface area contributed by atoms with Gasteiger partial charge in [-0.2, -0.15) is 0 Å². The lowest BCUT2D eigenvalue weighted by atomic mass is 9.66. The fraction of sp³-hybridized carbons (Fsp3) is 0.591. The summed E-state index contributed by atoms with van der Waals surface area (Å²) in [6.45, 7) is 3.92. The van der Waals surface area contributed by atoms with Crippen molar-refractivity contribution in [1.82, 2.24) is 9.80 Å². The van der Waals surface area contributed by atoms with Crippen molar-refractivity contribution in [1.29, 1.82) is 0 Å². The number of carboxylic acid groups (broad SMARTS) is 1. The molecule has 0 unspecified atom stereocenters. The van der Waals surface area contributed by atoms with Crippen molar-refractivity contribution in [2.24, 2.45) is 5.41 Å². The maximum absolute atomic E-state index is 13.0. The Morgan fingerprint density at radius 2 is 1.79 bits per heavy atom. The Hall–Kier alpha value is -2.37. The summed E-state index contributed by atoms with van der Waals surface area (Å²) < 4.78 is 0. The number of hydrogen-bond donors (Lipinski definition) is 1. The zero-order valence-corrected chi connectivity index (χ0v) is 16.6. The SMILES string of the molecule is CCCN(C(=O)CC1(C(=O)O)CCC1)C1CCN(C(=O)c2ccccc2)CC1. The van der Waals surface area contributed by atoms with E-state index in [4.69, 9.17) is 0 Å². The second-order valence-electron chi connectivity index (χ2n) is 8.09. The first-order valence-electron chi connectivity index (χ1n) is 10.3. The average Bonchev–Trinajstić information content (AvgIpc) is 2.68. The second-order valence-corrected chi connectivity index (χ2v) is 8.09. The van der Waals surface area contributed by atoms with Crippen LogP contribution >= 0.6 is 0 Å². The van der Waals surface area contributed by atoms with Crippen LogP contribution in [0.5, 0.6) is 0 Å². The lowest BCUT2D eigenvalue weighted by Crippen LogP contribution is -2.51. The standard InChI is InChI=1S/C22H30N2O4/c1-2-13-24(19(25)16-22(21(27)28)11-6-12-22)18-9-14-23(15-10-18)20(26)17-7-4-3-5-8-17/h3-5,7-8,18H,2,6,9-16H2,1H3,(H,27,28). The Labute approximate surface area is 166 Å². The lowest BCUT2D eigenvalue weighted by molar-refractivity contribution is -0.160. The fourth-order valence-electron chi connectivity index (χ4n) is 4.36. The number of rotatable bonds is 7. The van der Waals surface area contributed by atoms with Crippen LogP contribution < -0.4 is 0 Å². The summed E-state index contributed by atoms with van der Waals surface area (Å²) in [7, 11) is 0. The van der Waals surface area contributed by atoms with Gasteiger partial charge in [0.05, 0.1) is 5.41 Å². The van der Waals surface area contributed by atoms with Crippen LogP contribution in [0.15, 0.2) is 30.3 Å². The van der Waals surface area contributed by atoms with E-state index in [1.807, 2.05) is 47.1 Å². The van der Waals surface area contributed by atoms with Gasteiger partial charge in [-0.1, -0.05) is 31.5 Å². The molecule has 1 heterocycles. The number of likely N-dealkylation sites (tertiary alicyclic amines) is 1. The van der Waals surface area contributed by atoms with E-state index in [2.05, 4.69) is 0 Å². The van der Waals surface area contributed by atoms with Crippen molar-refractivity contribution >= 4 is 17.8 Å². The lowest BCUT2D eigenvalue weighted by Gasteiger charge is -2.42. The van der Waals surface area contributed by atoms with Crippen LogP contribution in [-0.4, -0.2) is 58.4 Å². The van der Waals surface area contributed by atoms with Gasteiger partial charge in [0.1, 0.15) is 0 Å². The Balaban J connectivity index is 1.60. The smallest absolute Gasteiger partial charge is 0.310 e. The summed E-state index contributed by atoms with van der Waals surface area (Å²) >= 11 is 0. The number of benzene rings is 1. The topological polar surface area (TPSA) is 77.9 Å². The molecule has 6 nitrogen and oxygen atoms in total. The molecule has 1 saturated carbocycles.